The van der Waals surface area contributed by atoms with E-state index in [4.69, 9.17) is 16.3 Å². The average molecular weight is 278 g/mol. The summed E-state index contributed by atoms with van der Waals surface area (Å²) in [4.78, 5) is 0.0937. The fraction of sp³-hybridized carbons (Fsp3) is 0.455. The Morgan fingerprint density at radius 1 is 1.41 bits per heavy atom. The molecular weight excluding hydrogens is 262 g/mol. The summed E-state index contributed by atoms with van der Waals surface area (Å²) in [5.74, 6) is 0. The zero-order valence-electron chi connectivity index (χ0n) is 9.81. The molecule has 1 aromatic rings. The van der Waals surface area contributed by atoms with Crippen molar-refractivity contribution in [2.45, 2.75) is 24.3 Å². The minimum atomic E-state index is -3.59. The number of halogens is 1. The first-order valence-electron chi connectivity index (χ1n) is 5.27. The van der Waals surface area contributed by atoms with E-state index in [-0.39, 0.29) is 16.0 Å². The highest BCUT2D eigenvalue weighted by atomic mass is 35.5. The Balaban J connectivity index is 2.92. The van der Waals surface area contributed by atoms with Gasteiger partial charge in [0.2, 0.25) is 10.0 Å². The smallest absolute Gasteiger partial charge is 0.242 e. The van der Waals surface area contributed by atoms with E-state index in [1.807, 2.05) is 6.92 Å². The van der Waals surface area contributed by atoms with E-state index in [0.29, 0.717) is 13.0 Å². The van der Waals surface area contributed by atoms with Gasteiger partial charge in [0.15, 0.2) is 0 Å². The Bertz CT molecular complexity index is 462. The van der Waals surface area contributed by atoms with Gasteiger partial charge in [-0.1, -0.05) is 30.7 Å². The molecular formula is C11H16ClNO3S. The van der Waals surface area contributed by atoms with Gasteiger partial charge in [0, 0.05) is 13.2 Å². The lowest BCUT2D eigenvalue weighted by molar-refractivity contribution is 0.173. The summed E-state index contributed by atoms with van der Waals surface area (Å²) in [6.45, 7) is 2.22. The zero-order chi connectivity index (χ0) is 12.9. The van der Waals surface area contributed by atoms with Crippen molar-refractivity contribution in [2.75, 3.05) is 13.7 Å². The quantitative estimate of drug-likeness (QED) is 0.866. The van der Waals surface area contributed by atoms with Crippen LogP contribution in [0.5, 0.6) is 0 Å². The molecule has 0 bridgehead atoms. The predicted octanol–water partition coefficient (Wildman–Crippen LogP) is 2.04. The Morgan fingerprint density at radius 3 is 2.59 bits per heavy atom. The number of nitrogens with one attached hydrogen (secondary N) is 1. The summed E-state index contributed by atoms with van der Waals surface area (Å²) < 4.78 is 31.6. The molecule has 0 aliphatic heterocycles. The molecule has 6 heteroatoms. The minimum absolute atomic E-state index is 0.0937. The van der Waals surface area contributed by atoms with Crippen molar-refractivity contribution < 1.29 is 13.2 Å². The number of benzene rings is 1. The van der Waals surface area contributed by atoms with Crippen molar-refractivity contribution in [2.24, 2.45) is 0 Å². The molecule has 96 valence electrons. The molecule has 4 nitrogen and oxygen atoms in total. The van der Waals surface area contributed by atoms with Crippen LogP contribution in [0.4, 0.5) is 0 Å². The lowest BCUT2D eigenvalue weighted by Gasteiger charge is -2.16. The van der Waals surface area contributed by atoms with Gasteiger partial charge in [-0.15, -0.1) is 0 Å². The SMILES string of the molecule is CCC(COC)NS(=O)(=O)c1ccccc1Cl. The highest BCUT2D eigenvalue weighted by Gasteiger charge is 2.21. The van der Waals surface area contributed by atoms with Gasteiger partial charge in [0.1, 0.15) is 4.90 Å². The van der Waals surface area contributed by atoms with Gasteiger partial charge in [-0.3, -0.25) is 0 Å². The summed E-state index contributed by atoms with van der Waals surface area (Å²) in [5, 5.41) is 0.215. The zero-order valence-corrected chi connectivity index (χ0v) is 11.4. The molecule has 1 N–H and O–H groups in total. The van der Waals surface area contributed by atoms with Crippen LogP contribution in [0, 0.1) is 0 Å². The van der Waals surface area contributed by atoms with Gasteiger partial charge >= 0.3 is 0 Å². The largest absolute Gasteiger partial charge is 0.383 e. The van der Waals surface area contributed by atoms with Crippen LogP contribution in [-0.4, -0.2) is 28.2 Å². The molecule has 0 heterocycles. The standard InChI is InChI=1S/C11H16ClNO3S/c1-3-9(8-16-2)13-17(14,15)11-7-5-4-6-10(11)12/h4-7,9,13H,3,8H2,1-2H3. The van der Waals surface area contributed by atoms with Crippen molar-refractivity contribution in [3.05, 3.63) is 29.3 Å². The molecule has 0 aliphatic carbocycles. The van der Waals surface area contributed by atoms with E-state index in [1.54, 1.807) is 18.2 Å². The van der Waals surface area contributed by atoms with Crippen LogP contribution in [0.2, 0.25) is 5.02 Å². The van der Waals surface area contributed by atoms with Crippen LogP contribution in [-0.2, 0) is 14.8 Å². The van der Waals surface area contributed by atoms with Gasteiger partial charge in [0.05, 0.1) is 11.6 Å². The van der Waals surface area contributed by atoms with Crippen LogP contribution >= 0.6 is 11.6 Å². The average Bonchev–Trinajstić information content (AvgIpc) is 2.28. The van der Waals surface area contributed by atoms with E-state index < -0.39 is 10.0 Å². The summed E-state index contributed by atoms with van der Waals surface area (Å²) in [6.07, 6.45) is 0.650. The van der Waals surface area contributed by atoms with E-state index in [2.05, 4.69) is 4.72 Å². The third-order valence-electron chi connectivity index (χ3n) is 2.31. The number of hydrogen-bond acceptors (Lipinski definition) is 3. The fourth-order valence-corrected chi connectivity index (χ4v) is 3.21. The molecule has 1 rings (SSSR count). The highest BCUT2D eigenvalue weighted by Crippen LogP contribution is 2.20. The first-order valence-corrected chi connectivity index (χ1v) is 7.13. The van der Waals surface area contributed by atoms with Crippen LogP contribution in [0.25, 0.3) is 0 Å². The third kappa shape index (κ3) is 3.96. The Hall–Kier alpha value is -0.620. The van der Waals surface area contributed by atoms with Crippen molar-refractivity contribution in [3.63, 3.8) is 0 Å². The normalized spacial score (nSPS) is 13.6. The maximum atomic E-state index is 12.0. The molecule has 0 saturated heterocycles. The molecule has 0 spiro atoms. The minimum Gasteiger partial charge on any atom is -0.383 e. The first-order chi connectivity index (χ1) is 8.01. The van der Waals surface area contributed by atoms with Crippen LogP contribution < -0.4 is 4.72 Å². The lowest BCUT2D eigenvalue weighted by atomic mass is 10.3. The van der Waals surface area contributed by atoms with E-state index in [0.717, 1.165) is 0 Å². The topological polar surface area (TPSA) is 55.4 Å². The second-order valence-corrected chi connectivity index (χ2v) is 5.70. The van der Waals surface area contributed by atoms with Crippen molar-refractivity contribution in [3.8, 4) is 0 Å². The molecule has 0 radical (unpaired) electrons. The van der Waals surface area contributed by atoms with Gasteiger partial charge in [0.25, 0.3) is 0 Å². The van der Waals surface area contributed by atoms with Crippen molar-refractivity contribution in [1.29, 1.82) is 0 Å². The van der Waals surface area contributed by atoms with Gasteiger partial charge < -0.3 is 4.74 Å². The van der Waals surface area contributed by atoms with Crippen molar-refractivity contribution >= 4 is 21.6 Å². The molecule has 17 heavy (non-hydrogen) atoms. The number of sulfonamides is 1. The fourth-order valence-electron chi connectivity index (χ4n) is 1.38. The summed E-state index contributed by atoms with van der Waals surface area (Å²) >= 11 is 5.86. The third-order valence-corrected chi connectivity index (χ3v) is 4.33. The molecule has 0 fully saturated rings. The van der Waals surface area contributed by atoms with E-state index in [9.17, 15) is 8.42 Å². The predicted molar refractivity (Wildman–Crippen MR) is 67.7 cm³/mol. The number of rotatable bonds is 6. The van der Waals surface area contributed by atoms with Crippen LogP contribution in [0.3, 0.4) is 0 Å². The Labute approximate surface area is 107 Å². The summed E-state index contributed by atoms with van der Waals surface area (Å²) in [6, 6.07) is 6.10. The van der Waals surface area contributed by atoms with Gasteiger partial charge in [-0.2, -0.15) is 0 Å². The second-order valence-electron chi connectivity index (χ2n) is 3.61. The number of hydrogen-bond donors (Lipinski definition) is 1. The van der Waals surface area contributed by atoms with Crippen LogP contribution in [0.1, 0.15) is 13.3 Å². The number of methoxy groups -OCH3 is 1. The van der Waals surface area contributed by atoms with E-state index >= 15 is 0 Å². The van der Waals surface area contributed by atoms with Gasteiger partial charge in [-0.05, 0) is 18.6 Å². The monoisotopic (exact) mass is 277 g/mol. The molecule has 1 atom stereocenters. The highest BCUT2D eigenvalue weighted by molar-refractivity contribution is 7.89. The van der Waals surface area contributed by atoms with Crippen LogP contribution in [0.15, 0.2) is 29.2 Å². The summed E-state index contributed by atoms with van der Waals surface area (Å²) in [5.41, 5.74) is 0. The molecule has 1 unspecified atom stereocenters. The molecule has 1 aromatic carbocycles. The molecule has 0 saturated carbocycles. The second kappa shape index (κ2) is 6.35. The van der Waals surface area contributed by atoms with Crippen molar-refractivity contribution in [1.82, 2.24) is 4.72 Å². The first kappa shape index (κ1) is 14.4. The number of ether oxygens (including phenoxy) is 1. The lowest BCUT2D eigenvalue weighted by Crippen LogP contribution is -2.37. The van der Waals surface area contributed by atoms with Gasteiger partial charge in [-0.25, -0.2) is 13.1 Å². The Morgan fingerprint density at radius 2 is 2.06 bits per heavy atom. The maximum Gasteiger partial charge on any atom is 0.242 e. The molecule has 0 aliphatic rings. The molecule has 0 amide bonds. The summed E-state index contributed by atoms with van der Waals surface area (Å²) in [7, 11) is -2.05. The Kier molecular flexibility index (Phi) is 5.39. The van der Waals surface area contributed by atoms with E-state index in [1.165, 1.54) is 13.2 Å². The molecule has 0 aromatic heterocycles. The maximum absolute atomic E-state index is 12.0.